The summed E-state index contributed by atoms with van der Waals surface area (Å²) in [5.41, 5.74) is 3.92. The third-order valence-corrected chi connectivity index (χ3v) is 3.20. The molecule has 1 saturated heterocycles. The summed E-state index contributed by atoms with van der Waals surface area (Å²) in [6, 6.07) is 7.10. The fraction of sp³-hybridized carbons (Fsp3) is 0.462. The summed E-state index contributed by atoms with van der Waals surface area (Å²) in [5, 5.41) is 5.60. The number of nitrogens with zero attached hydrogens (tertiary/aromatic N) is 1. The van der Waals surface area contributed by atoms with Gasteiger partial charge in [-0.15, -0.1) is 0 Å². The van der Waals surface area contributed by atoms with Gasteiger partial charge in [0.05, 0.1) is 6.54 Å². The monoisotopic (exact) mass is 267 g/mol. The van der Waals surface area contributed by atoms with Gasteiger partial charge in [-0.05, 0) is 37.1 Å². The zero-order chi connectivity index (χ0) is 12.8. The Balaban J connectivity index is 1.73. The Morgan fingerprint density at radius 2 is 1.83 bits per heavy atom. The van der Waals surface area contributed by atoms with Gasteiger partial charge >= 0.3 is 0 Å². The summed E-state index contributed by atoms with van der Waals surface area (Å²) in [6.45, 7) is 2.35. The second-order valence-corrected chi connectivity index (χ2v) is 4.87. The van der Waals surface area contributed by atoms with Crippen molar-refractivity contribution in [3.8, 4) is 0 Å². The minimum absolute atomic E-state index is 0.0390. The number of hydrazine groups is 1. The van der Waals surface area contributed by atoms with Gasteiger partial charge in [0.15, 0.2) is 0 Å². The summed E-state index contributed by atoms with van der Waals surface area (Å²) in [5.74, 6) is -0.0390. The molecule has 1 aromatic carbocycles. The first-order chi connectivity index (χ1) is 8.74. The molecule has 1 amide bonds. The zero-order valence-corrected chi connectivity index (χ0v) is 11.0. The summed E-state index contributed by atoms with van der Waals surface area (Å²) in [7, 11) is 0. The highest BCUT2D eigenvalue weighted by Gasteiger charge is 2.10. The Hall–Kier alpha value is -1.10. The molecule has 5 heteroatoms. The maximum Gasteiger partial charge on any atom is 0.239 e. The van der Waals surface area contributed by atoms with Crippen LogP contribution in [0.4, 0.5) is 5.69 Å². The highest BCUT2D eigenvalue weighted by molar-refractivity contribution is 6.30. The highest BCUT2D eigenvalue weighted by Crippen LogP contribution is 2.13. The Kier molecular flexibility index (Phi) is 4.99. The van der Waals surface area contributed by atoms with Crippen LogP contribution in [0, 0.1) is 0 Å². The van der Waals surface area contributed by atoms with Crippen molar-refractivity contribution in [2.75, 3.05) is 25.0 Å². The Morgan fingerprint density at radius 1 is 1.17 bits per heavy atom. The average Bonchev–Trinajstić information content (AvgIpc) is 2.40. The molecule has 0 atom stereocenters. The summed E-state index contributed by atoms with van der Waals surface area (Å²) < 4.78 is 0. The van der Waals surface area contributed by atoms with Crippen LogP contribution in [0.15, 0.2) is 24.3 Å². The van der Waals surface area contributed by atoms with Crippen LogP contribution in [0.3, 0.4) is 0 Å². The fourth-order valence-electron chi connectivity index (χ4n) is 1.97. The number of halogens is 1. The Bertz CT molecular complexity index is 388. The Labute approximate surface area is 112 Å². The molecular weight excluding hydrogens is 250 g/mol. The summed E-state index contributed by atoms with van der Waals surface area (Å²) >= 11 is 5.78. The van der Waals surface area contributed by atoms with Crippen LogP contribution < -0.4 is 10.7 Å². The van der Waals surface area contributed by atoms with E-state index in [1.165, 1.54) is 19.3 Å². The van der Waals surface area contributed by atoms with Crippen LogP contribution in [0.5, 0.6) is 0 Å². The van der Waals surface area contributed by atoms with E-state index in [0.29, 0.717) is 11.6 Å². The minimum Gasteiger partial charge on any atom is -0.325 e. The summed E-state index contributed by atoms with van der Waals surface area (Å²) in [6.07, 6.45) is 3.69. The first-order valence-electron chi connectivity index (χ1n) is 6.28. The lowest BCUT2D eigenvalue weighted by molar-refractivity contribution is -0.116. The predicted molar refractivity (Wildman–Crippen MR) is 73.5 cm³/mol. The third-order valence-electron chi connectivity index (χ3n) is 2.95. The standard InChI is InChI=1S/C13H18ClN3O/c14-11-4-6-12(7-5-11)16-13(18)10-15-17-8-2-1-3-9-17/h4-7,15H,1-3,8-10H2,(H,16,18). The van der Waals surface area contributed by atoms with E-state index in [-0.39, 0.29) is 5.91 Å². The van der Waals surface area contributed by atoms with Gasteiger partial charge in [0.2, 0.25) is 5.91 Å². The SMILES string of the molecule is O=C(CNN1CCCCC1)Nc1ccc(Cl)cc1. The van der Waals surface area contributed by atoms with E-state index in [2.05, 4.69) is 15.8 Å². The van der Waals surface area contributed by atoms with E-state index in [1.54, 1.807) is 24.3 Å². The molecule has 0 unspecified atom stereocenters. The third kappa shape index (κ3) is 4.29. The molecule has 1 aliphatic rings. The van der Waals surface area contributed by atoms with Crippen LogP contribution in [0.25, 0.3) is 0 Å². The number of carbonyl (C=O) groups excluding carboxylic acids is 1. The predicted octanol–water partition coefficient (Wildman–Crippen LogP) is 2.27. The van der Waals surface area contributed by atoms with E-state index in [9.17, 15) is 4.79 Å². The van der Waals surface area contributed by atoms with Crippen LogP contribution in [-0.4, -0.2) is 30.6 Å². The number of hydrogen-bond donors (Lipinski definition) is 2. The molecular formula is C13H18ClN3O. The summed E-state index contributed by atoms with van der Waals surface area (Å²) in [4.78, 5) is 11.7. The first-order valence-corrected chi connectivity index (χ1v) is 6.66. The quantitative estimate of drug-likeness (QED) is 0.880. The van der Waals surface area contributed by atoms with Crippen molar-refractivity contribution in [2.45, 2.75) is 19.3 Å². The number of piperidine rings is 1. The number of hydrogen-bond acceptors (Lipinski definition) is 3. The number of rotatable bonds is 4. The van der Waals surface area contributed by atoms with Gasteiger partial charge in [0.1, 0.15) is 0 Å². The molecule has 0 bridgehead atoms. The molecule has 0 aromatic heterocycles. The van der Waals surface area contributed by atoms with Crippen LogP contribution in [0.2, 0.25) is 5.02 Å². The molecule has 18 heavy (non-hydrogen) atoms. The maximum atomic E-state index is 11.7. The van der Waals surface area contributed by atoms with E-state index in [4.69, 9.17) is 11.6 Å². The normalized spacial score (nSPS) is 16.5. The van der Waals surface area contributed by atoms with E-state index in [1.807, 2.05) is 0 Å². The highest BCUT2D eigenvalue weighted by atomic mass is 35.5. The first kappa shape index (κ1) is 13.3. The molecule has 1 aliphatic heterocycles. The molecule has 1 fully saturated rings. The van der Waals surface area contributed by atoms with Crippen molar-refractivity contribution in [2.24, 2.45) is 0 Å². The Morgan fingerprint density at radius 3 is 2.50 bits per heavy atom. The minimum atomic E-state index is -0.0390. The van der Waals surface area contributed by atoms with Gasteiger partial charge < -0.3 is 5.32 Å². The van der Waals surface area contributed by atoms with Gasteiger partial charge in [-0.25, -0.2) is 10.4 Å². The van der Waals surface area contributed by atoms with Crippen molar-refractivity contribution in [1.29, 1.82) is 0 Å². The van der Waals surface area contributed by atoms with Crippen molar-refractivity contribution in [3.63, 3.8) is 0 Å². The second-order valence-electron chi connectivity index (χ2n) is 4.44. The maximum absolute atomic E-state index is 11.7. The van der Waals surface area contributed by atoms with Gasteiger partial charge in [0.25, 0.3) is 0 Å². The van der Waals surface area contributed by atoms with Crippen molar-refractivity contribution < 1.29 is 4.79 Å². The molecule has 0 saturated carbocycles. The number of nitrogens with one attached hydrogen (secondary N) is 2. The molecule has 0 spiro atoms. The molecule has 0 radical (unpaired) electrons. The number of amides is 1. The van der Waals surface area contributed by atoms with Crippen molar-refractivity contribution in [3.05, 3.63) is 29.3 Å². The van der Waals surface area contributed by atoms with E-state index in [0.717, 1.165) is 18.8 Å². The lowest BCUT2D eigenvalue weighted by Crippen LogP contribution is -2.45. The zero-order valence-electron chi connectivity index (χ0n) is 10.3. The second kappa shape index (κ2) is 6.73. The van der Waals surface area contributed by atoms with Crippen LogP contribution >= 0.6 is 11.6 Å². The molecule has 2 rings (SSSR count). The number of anilines is 1. The van der Waals surface area contributed by atoms with E-state index >= 15 is 0 Å². The van der Waals surface area contributed by atoms with E-state index < -0.39 is 0 Å². The molecule has 98 valence electrons. The van der Waals surface area contributed by atoms with Crippen molar-refractivity contribution >= 4 is 23.2 Å². The molecule has 4 nitrogen and oxygen atoms in total. The lowest BCUT2D eigenvalue weighted by Gasteiger charge is -2.26. The van der Waals surface area contributed by atoms with Gasteiger partial charge in [0, 0.05) is 23.8 Å². The van der Waals surface area contributed by atoms with Crippen molar-refractivity contribution in [1.82, 2.24) is 10.4 Å². The smallest absolute Gasteiger partial charge is 0.239 e. The van der Waals surface area contributed by atoms with Gasteiger partial charge in [-0.3, -0.25) is 4.79 Å². The molecule has 1 heterocycles. The average molecular weight is 268 g/mol. The van der Waals surface area contributed by atoms with Gasteiger partial charge in [-0.2, -0.15) is 0 Å². The largest absolute Gasteiger partial charge is 0.325 e. The fourth-order valence-corrected chi connectivity index (χ4v) is 2.10. The number of benzene rings is 1. The number of carbonyl (C=O) groups is 1. The van der Waals surface area contributed by atoms with Crippen LogP contribution in [0.1, 0.15) is 19.3 Å². The topological polar surface area (TPSA) is 44.4 Å². The molecule has 1 aromatic rings. The lowest BCUT2D eigenvalue weighted by atomic mass is 10.2. The van der Waals surface area contributed by atoms with Gasteiger partial charge in [-0.1, -0.05) is 18.0 Å². The van der Waals surface area contributed by atoms with Crippen LogP contribution in [-0.2, 0) is 4.79 Å². The molecule has 0 aliphatic carbocycles. The molecule has 2 N–H and O–H groups in total.